The molecule has 1 saturated heterocycles. The molecule has 0 unspecified atom stereocenters. The van der Waals surface area contributed by atoms with E-state index in [0.29, 0.717) is 11.3 Å². The summed E-state index contributed by atoms with van der Waals surface area (Å²) in [5, 5.41) is 2.89. The Bertz CT molecular complexity index is 1010. The topological polar surface area (TPSA) is 69.7 Å². The second-order valence-electron chi connectivity index (χ2n) is 7.72. The van der Waals surface area contributed by atoms with Gasteiger partial charge in [0, 0.05) is 37.5 Å². The van der Waals surface area contributed by atoms with Crippen molar-refractivity contribution < 1.29 is 14.4 Å². The van der Waals surface area contributed by atoms with E-state index in [1.54, 1.807) is 35.4 Å². The number of benzene rings is 2. The Labute approximate surface area is 176 Å². The first-order chi connectivity index (χ1) is 14.5. The minimum Gasteiger partial charge on any atom is -0.339 e. The number of hydrogen-bond donors (Lipinski definition) is 1. The first-order valence-corrected chi connectivity index (χ1v) is 10.3. The van der Waals surface area contributed by atoms with Crippen LogP contribution in [0.2, 0.25) is 0 Å². The Kier molecular flexibility index (Phi) is 5.65. The molecular formula is C24H25N3O3. The highest BCUT2D eigenvalue weighted by Gasteiger charge is 2.28. The molecule has 1 atom stereocenters. The average Bonchev–Trinajstić information content (AvgIpc) is 3.28. The first-order valence-electron chi connectivity index (χ1n) is 10.3. The van der Waals surface area contributed by atoms with Crippen LogP contribution in [0.25, 0.3) is 6.08 Å². The molecule has 2 aliphatic rings. The van der Waals surface area contributed by atoms with E-state index in [9.17, 15) is 14.4 Å². The lowest BCUT2D eigenvalue weighted by atomic mass is 9.93. The molecule has 0 radical (unpaired) electrons. The Balaban J connectivity index is 1.49. The third kappa shape index (κ3) is 4.13. The number of nitrogens with zero attached hydrogens (tertiary/aromatic N) is 2. The van der Waals surface area contributed by atoms with Crippen LogP contribution in [0.3, 0.4) is 0 Å². The molecule has 2 aliphatic heterocycles. The van der Waals surface area contributed by atoms with Crippen molar-refractivity contribution in [3.8, 4) is 0 Å². The van der Waals surface area contributed by atoms with Crippen molar-refractivity contribution in [1.82, 2.24) is 9.80 Å². The molecule has 1 fully saturated rings. The summed E-state index contributed by atoms with van der Waals surface area (Å²) in [6, 6.07) is 14.4. The molecule has 0 saturated carbocycles. The Hall–Kier alpha value is -3.41. The van der Waals surface area contributed by atoms with Gasteiger partial charge in [0.25, 0.3) is 5.91 Å². The molecule has 0 spiro atoms. The third-order valence-electron chi connectivity index (χ3n) is 5.63. The third-order valence-corrected chi connectivity index (χ3v) is 5.63. The summed E-state index contributed by atoms with van der Waals surface area (Å²) in [7, 11) is 0. The summed E-state index contributed by atoms with van der Waals surface area (Å²) in [4.78, 5) is 41.0. The lowest BCUT2D eigenvalue weighted by molar-refractivity contribution is -0.129. The van der Waals surface area contributed by atoms with Gasteiger partial charge in [0.1, 0.15) is 0 Å². The van der Waals surface area contributed by atoms with Gasteiger partial charge in [0.2, 0.25) is 11.8 Å². The Morgan fingerprint density at radius 3 is 2.57 bits per heavy atom. The number of anilines is 1. The number of hydrogen-bond acceptors (Lipinski definition) is 3. The number of carbonyl (C=O) groups is 3. The van der Waals surface area contributed by atoms with Crippen LogP contribution in [0.1, 0.15) is 53.7 Å². The lowest BCUT2D eigenvalue weighted by Crippen LogP contribution is -2.33. The van der Waals surface area contributed by atoms with Crippen molar-refractivity contribution in [2.24, 2.45) is 0 Å². The van der Waals surface area contributed by atoms with Gasteiger partial charge in [-0.05, 0) is 48.2 Å². The smallest absolute Gasteiger partial charge is 0.253 e. The van der Waals surface area contributed by atoms with Crippen molar-refractivity contribution in [1.29, 1.82) is 0 Å². The SMILES string of the molecule is CC(=O)N1C=Cc2ccccc2[C@@H]1CC(=O)Nc1cccc(C(=O)N2CCCC2)c1. The van der Waals surface area contributed by atoms with Crippen molar-refractivity contribution in [2.45, 2.75) is 32.2 Å². The van der Waals surface area contributed by atoms with E-state index in [4.69, 9.17) is 0 Å². The molecular weight excluding hydrogens is 378 g/mol. The summed E-state index contributed by atoms with van der Waals surface area (Å²) in [5.74, 6) is -0.323. The number of nitrogens with one attached hydrogen (secondary N) is 1. The highest BCUT2D eigenvalue weighted by molar-refractivity contribution is 5.97. The zero-order valence-electron chi connectivity index (χ0n) is 17.0. The highest BCUT2D eigenvalue weighted by Crippen LogP contribution is 2.33. The van der Waals surface area contributed by atoms with Crippen LogP contribution in [0.5, 0.6) is 0 Å². The van der Waals surface area contributed by atoms with E-state index in [1.807, 2.05) is 35.2 Å². The van der Waals surface area contributed by atoms with Crippen LogP contribution >= 0.6 is 0 Å². The molecule has 2 heterocycles. The fourth-order valence-electron chi connectivity index (χ4n) is 4.13. The number of likely N-dealkylation sites (tertiary alicyclic amines) is 1. The monoisotopic (exact) mass is 403 g/mol. The predicted octanol–water partition coefficient (Wildman–Crippen LogP) is 3.83. The second-order valence-corrected chi connectivity index (χ2v) is 7.72. The van der Waals surface area contributed by atoms with Gasteiger partial charge in [-0.25, -0.2) is 0 Å². The summed E-state index contributed by atoms with van der Waals surface area (Å²) in [5.41, 5.74) is 3.11. The lowest BCUT2D eigenvalue weighted by Gasteiger charge is -2.32. The quantitative estimate of drug-likeness (QED) is 0.844. The Morgan fingerprint density at radius 1 is 1.03 bits per heavy atom. The molecule has 154 valence electrons. The summed E-state index contributed by atoms with van der Waals surface area (Å²) in [6.45, 7) is 3.06. The summed E-state index contributed by atoms with van der Waals surface area (Å²) < 4.78 is 0. The number of rotatable bonds is 4. The molecule has 3 amide bonds. The minimum atomic E-state index is -0.363. The van der Waals surface area contributed by atoms with Gasteiger partial charge in [-0.1, -0.05) is 30.3 Å². The number of carbonyl (C=O) groups excluding carboxylic acids is 3. The molecule has 2 aromatic carbocycles. The molecule has 1 N–H and O–H groups in total. The average molecular weight is 403 g/mol. The predicted molar refractivity (Wildman–Crippen MR) is 116 cm³/mol. The number of fused-ring (bicyclic) bond motifs is 1. The first kappa shape index (κ1) is 19.9. The molecule has 6 heteroatoms. The van der Waals surface area contributed by atoms with Gasteiger partial charge in [-0.2, -0.15) is 0 Å². The van der Waals surface area contributed by atoms with Gasteiger partial charge in [0.05, 0.1) is 12.5 Å². The standard InChI is InChI=1S/C24H25N3O3/c1-17(28)27-14-11-18-7-2-3-10-21(18)22(27)16-23(29)25-20-9-6-8-19(15-20)24(30)26-12-4-5-13-26/h2-3,6-11,14-15,22H,4-5,12-13,16H2,1H3,(H,25,29)/t22-/m0/s1. The van der Waals surface area contributed by atoms with Crippen molar-refractivity contribution >= 4 is 29.5 Å². The fraction of sp³-hybridized carbons (Fsp3) is 0.292. The normalized spacial score (nSPS) is 17.6. The van der Waals surface area contributed by atoms with Gasteiger partial charge in [-0.15, -0.1) is 0 Å². The van der Waals surface area contributed by atoms with Gasteiger partial charge >= 0.3 is 0 Å². The van der Waals surface area contributed by atoms with E-state index < -0.39 is 0 Å². The van der Waals surface area contributed by atoms with Gasteiger partial charge < -0.3 is 15.1 Å². The largest absolute Gasteiger partial charge is 0.339 e. The van der Waals surface area contributed by atoms with Gasteiger partial charge in [0.15, 0.2) is 0 Å². The van der Waals surface area contributed by atoms with E-state index >= 15 is 0 Å². The number of amides is 3. The Morgan fingerprint density at radius 2 is 1.80 bits per heavy atom. The van der Waals surface area contributed by atoms with Gasteiger partial charge in [-0.3, -0.25) is 14.4 Å². The molecule has 2 aromatic rings. The summed E-state index contributed by atoms with van der Waals surface area (Å²) >= 11 is 0. The van der Waals surface area contributed by atoms with Crippen LogP contribution in [-0.2, 0) is 9.59 Å². The van der Waals surface area contributed by atoms with Crippen molar-refractivity contribution in [3.63, 3.8) is 0 Å². The van der Waals surface area contributed by atoms with Crippen molar-refractivity contribution in [2.75, 3.05) is 18.4 Å². The second kappa shape index (κ2) is 8.53. The molecule has 0 aliphatic carbocycles. The highest BCUT2D eigenvalue weighted by atomic mass is 16.2. The maximum absolute atomic E-state index is 12.8. The minimum absolute atomic E-state index is 0.00213. The van der Waals surface area contributed by atoms with Crippen LogP contribution in [0, 0.1) is 0 Å². The van der Waals surface area contributed by atoms with E-state index in [1.165, 1.54) is 6.92 Å². The molecule has 30 heavy (non-hydrogen) atoms. The van der Waals surface area contributed by atoms with Crippen LogP contribution in [-0.4, -0.2) is 40.6 Å². The van der Waals surface area contributed by atoms with Crippen molar-refractivity contribution in [3.05, 3.63) is 71.4 Å². The molecule has 4 rings (SSSR count). The molecule has 6 nitrogen and oxygen atoms in total. The van der Waals surface area contributed by atoms with Crippen LogP contribution in [0.15, 0.2) is 54.7 Å². The maximum atomic E-state index is 12.8. The molecule has 0 bridgehead atoms. The fourth-order valence-corrected chi connectivity index (χ4v) is 4.13. The van der Waals surface area contributed by atoms with Crippen LogP contribution < -0.4 is 5.32 Å². The van der Waals surface area contributed by atoms with E-state index in [2.05, 4.69) is 5.32 Å². The maximum Gasteiger partial charge on any atom is 0.253 e. The zero-order chi connectivity index (χ0) is 21.1. The zero-order valence-corrected chi connectivity index (χ0v) is 17.0. The van der Waals surface area contributed by atoms with E-state index in [0.717, 1.165) is 37.1 Å². The molecule has 0 aromatic heterocycles. The summed E-state index contributed by atoms with van der Waals surface area (Å²) in [6.07, 6.45) is 5.82. The van der Waals surface area contributed by atoms with Crippen LogP contribution in [0.4, 0.5) is 5.69 Å². The van der Waals surface area contributed by atoms with E-state index in [-0.39, 0.29) is 30.2 Å².